The molecule has 2 aromatic heterocycles. The average Bonchev–Trinajstić information content (AvgIpc) is 3.06. The topological polar surface area (TPSA) is 96.7 Å². The van der Waals surface area contributed by atoms with Crippen LogP contribution in [-0.4, -0.2) is 27.4 Å². The van der Waals surface area contributed by atoms with Crippen molar-refractivity contribution in [2.75, 3.05) is 12.3 Å². The molecule has 3 aromatic rings. The minimum Gasteiger partial charge on any atom is -0.375 e. The molecular formula is C13H13N5OS. The molecular weight excluding hydrogens is 274 g/mol. The number of anilines is 1. The van der Waals surface area contributed by atoms with Gasteiger partial charge in [0.1, 0.15) is 0 Å². The second-order valence-electron chi connectivity index (χ2n) is 4.32. The van der Waals surface area contributed by atoms with E-state index in [1.807, 2.05) is 11.4 Å². The number of nitrogens with two attached hydrogens (primary N) is 1. The van der Waals surface area contributed by atoms with Crippen molar-refractivity contribution in [3.05, 3.63) is 41.2 Å². The lowest BCUT2D eigenvalue weighted by Crippen LogP contribution is -2.25. The Labute approximate surface area is 119 Å². The standard InChI is InChI=1S/C13H13N5OS/c14-13-18-9(6-20-13)3-4-15-12(19)8-1-2-10-11(5-8)17-7-16-10/h1-2,5-7H,3-4H2,(H2,14,18)(H,15,19)(H,16,17). The van der Waals surface area contributed by atoms with Crippen molar-refractivity contribution >= 4 is 33.4 Å². The minimum atomic E-state index is -0.107. The van der Waals surface area contributed by atoms with Gasteiger partial charge in [-0.2, -0.15) is 0 Å². The van der Waals surface area contributed by atoms with E-state index in [1.165, 1.54) is 11.3 Å². The summed E-state index contributed by atoms with van der Waals surface area (Å²) in [6.07, 6.45) is 2.28. The number of nitrogens with zero attached hydrogens (tertiary/aromatic N) is 2. The fourth-order valence-electron chi connectivity index (χ4n) is 1.92. The predicted molar refractivity (Wildman–Crippen MR) is 78.7 cm³/mol. The maximum Gasteiger partial charge on any atom is 0.251 e. The Morgan fingerprint density at radius 2 is 2.35 bits per heavy atom. The van der Waals surface area contributed by atoms with E-state index < -0.39 is 0 Å². The first-order valence-electron chi connectivity index (χ1n) is 6.13. The van der Waals surface area contributed by atoms with E-state index in [9.17, 15) is 4.79 Å². The number of nitrogen functional groups attached to an aromatic ring is 1. The highest BCUT2D eigenvalue weighted by atomic mass is 32.1. The Hall–Kier alpha value is -2.41. The molecule has 1 amide bonds. The molecule has 0 aliphatic carbocycles. The van der Waals surface area contributed by atoms with Crippen LogP contribution < -0.4 is 11.1 Å². The zero-order valence-corrected chi connectivity index (χ0v) is 11.4. The summed E-state index contributed by atoms with van der Waals surface area (Å²) in [7, 11) is 0. The molecule has 6 nitrogen and oxygen atoms in total. The van der Waals surface area contributed by atoms with Gasteiger partial charge in [0.2, 0.25) is 0 Å². The van der Waals surface area contributed by atoms with Crippen LogP contribution in [-0.2, 0) is 6.42 Å². The summed E-state index contributed by atoms with van der Waals surface area (Å²) in [6.45, 7) is 0.531. The smallest absolute Gasteiger partial charge is 0.251 e. The molecule has 7 heteroatoms. The second kappa shape index (κ2) is 5.30. The predicted octanol–water partition coefficient (Wildman–Crippen LogP) is 1.57. The van der Waals surface area contributed by atoms with E-state index in [-0.39, 0.29) is 5.91 Å². The number of benzene rings is 1. The molecule has 102 valence electrons. The molecule has 20 heavy (non-hydrogen) atoms. The van der Waals surface area contributed by atoms with Crippen molar-refractivity contribution in [3.63, 3.8) is 0 Å². The van der Waals surface area contributed by atoms with Gasteiger partial charge >= 0.3 is 0 Å². The highest BCUT2D eigenvalue weighted by Gasteiger charge is 2.07. The number of fused-ring (bicyclic) bond motifs is 1. The molecule has 0 unspecified atom stereocenters. The third-order valence-corrected chi connectivity index (χ3v) is 3.64. The number of hydrogen-bond acceptors (Lipinski definition) is 5. The third kappa shape index (κ3) is 2.62. The van der Waals surface area contributed by atoms with Gasteiger partial charge in [-0.25, -0.2) is 9.97 Å². The quantitative estimate of drug-likeness (QED) is 0.678. The number of imidazole rings is 1. The largest absolute Gasteiger partial charge is 0.375 e. The van der Waals surface area contributed by atoms with E-state index in [4.69, 9.17) is 5.73 Å². The molecule has 2 heterocycles. The van der Waals surface area contributed by atoms with E-state index in [1.54, 1.807) is 18.5 Å². The maximum absolute atomic E-state index is 12.0. The van der Waals surface area contributed by atoms with Gasteiger partial charge in [0, 0.05) is 23.9 Å². The van der Waals surface area contributed by atoms with Gasteiger partial charge in [0.15, 0.2) is 5.13 Å². The number of carbonyl (C=O) groups excluding carboxylic acids is 1. The van der Waals surface area contributed by atoms with Crippen molar-refractivity contribution < 1.29 is 4.79 Å². The van der Waals surface area contributed by atoms with Gasteiger partial charge in [-0.05, 0) is 18.2 Å². The highest BCUT2D eigenvalue weighted by Crippen LogP contribution is 2.12. The van der Waals surface area contributed by atoms with E-state index in [0.29, 0.717) is 23.7 Å². The molecule has 0 fully saturated rings. The number of nitrogens with one attached hydrogen (secondary N) is 2. The van der Waals surface area contributed by atoms with Crippen LogP contribution in [0, 0.1) is 0 Å². The normalized spacial score (nSPS) is 10.8. The summed E-state index contributed by atoms with van der Waals surface area (Å²) in [6, 6.07) is 5.37. The molecule has 0 radical (unpaired) electrons. The lowest BCUT2D eigenvalue weighted by molar-refractivity contribution is 0.0954. The molecule has 0 saturated carbocycles. The number of aromatic amines is 1. The molecule has 0 spiro atoms. The average molecular weight is 287 g/mol. The molecule has 1 aromatic carbocycles. The molecule has 3 rings (SSSR count). The lowest BCUT2D eigenvalue weighted by atomic mass is 10.2. The van der Waals surface area contributed by atoms with Gasteiger partial charge in [-0.3, -0.25) is 4.79 Å². The fraction of sp³-hybridized carbons (Fsp3) is 0.154. The first-order valence-corrected chi connectivity index (χ1v) is 7.01. The van der Waals surface area contributed by atoms with Crippen LogP contribution in [0.2, 0.25) is 0 Å². The highest BCUT2D eigenvalue weighted by molar-refractivity contribution is 7.13. The van der Waals surface area contributed by atoms with Gasteiger partial charge in [-0.1, -0.05) is 0 Å². The Morgan fingerprint density at radius 3 is 3.15 bits per heavy atom. The maximum atomic E-state index is 12.0. The van der Waals surface area contributed by atoms with Crippen molar-refractivity contribution in [1.82, 2.24) is 20.3 Å². The summed E-state index contributed by atoms with van der Waals surface area (Å²) in [5.74, 6) is -0.107. The number of carbonyl (C=O) groups is 1. The SMILES string of the molecule is Nc1nc(CCNC(=O)c2ccc3nc[nH]c3c2)cs1. The number of aromatic nitrogens is 3. The van der Waals surface area contributed by atoms with E-state index in [2.05, 4.69) is 20.3 Å². The molecule has 0 atom stereocenters. The van der Waals surface area contributed by atoms with Crippen molar-refractivity contribution in [2.45, 2.75) is 6.42 Å². The Morgan fingerprint density at radius 1 is 1.45 bits per heavy atom. The number of amides is 1. The monoisotopic (exact) mass is 287 g/mol. The van der Waals surface area contributed by atoms with E-state index >= 15 is 0 Å². The Bertz CT molecular complexity index is 748. The van der Waals surface area contributed by atoms with Gasteiger partial charge in [0.25, 0.3) is 5.91 Å². The van der Waals surface area contributed by atoms with Crippen molar-refractivity contribution in [1.29, 1.82) is 0 Å². The summed E-state index contributed by atoms with van der Waals surface area (Å²) in [5, 5.41) is 5.32. The fourth-order valence-corrected chi connectivity index (χ4v) is 2.52. The third-order valence-electron chi connectivity index (χ3n) is 2.92. The first-order chi connectivity index (χ1) is 9.72. The number of H-pyrrole nitrogens is 1. The number of rotatable bonds is 4. The summed E-state index contributed by atoms with van der Waals surface area (Å²) in [5.41, 5.74) is 8.76. The Kier molecular flexibility index (Phi) is 3.34. The number of hydrogen-bond donors (Lipinski definition) is 3. The molecule has 0 bridgehead atoms. The van der Waals surface area contributed by atoms with Gasteiger partial charge < -0.3 is 16.0 Å². The minimum absolute atomic E-state index is 0.107. The lowest BCUT2D eigenvalue weighted by Gasteiger charge is -2.04. The summed E-state index contributed by atoms with van der Waals surface area (Å²) < 4.78 is 0. The Balaban J connectivity index is 1.61. The van der Waals surface area contributed by atoms with Crippen LogP contribution in [0.1, 0.15) is 16.1 Å². The van der Waals surface area contributed by atoms with Crippen LogP contribution in [0.15, 0.2) is 29.9 Å². The second-order valence-corrected chi connectivity index (χ2v) is 5.21. The molecule has 0 aliphatic heterocycles. The molecule has 4 N–H and O–H groups in total. The first kappa shape index (κ1) is 12.6. The number of thiazole rings is 1. The van der Waals surface area contributed by atoms with Crippen LogP contribution in [0.25, 0.3) is 11.0 Å². The van der Waals surface area contributed by atoms with Crippen LogP contribution in [0.4, 0.5) is 5.13 Å². The summed E-state index contributed by atoms with van der Waals surface area (Å²) >= 11 is 1.40. The van der Waals surface area contributed by atoms with Gasteiger partial charge in [0.05, 0.1) is 23.1 Å². The van der Waals surface area contributed by atoms with Crippen molar-refractivity contribution in [3.8, 4) is 0 Å². The van der Waals surface area contributed by atoms with Gasteiger partial charge in [-0.15, -0.1) is 11.3 Å². The van der Waals surface area contributed by atoms with Crippen LogP contribution in [0.3, 0.4) is 0 Å². The zero-order chi connectivity index (χ0) is 13.9. The summed E-state index contributed by atoms with van der Waals surface area (Å²) in [4.78, 5) is 23.3. The van der Waals surface area contributed by atoms with E-state index in [0.717, 1.165) is 16.7 Å². The van der Waals surface area contributed by atoms with Crippen LogP contribution in [0.5, 0.6) is 0 Å². The molecule has 0 saturated heterocycles. The van der Waals surface area contributed by atoms with Crippen LogP contribution >= 0.6 is 11.3 Å². The van der Waals surface area contributed by atoms with Crippen molar-refractivity contribution in [2.24, 2.45) is 0 Å². The zero-order valence-electron chi connectivity index (χ0n) is 10.6. The molecule has 0 aliphatic rings.